The van der Waals surface area contributed by atoms with Crippen LogP contribution in [0.3, 0.4) is 0 Å². The van der Waals surface area contributed by atoms with Crippen molar-refractivity contribution in [2.24, 2.45) is 0 Å². The Morgan fingerprint density at radius 2 is 1.93 bits per heavy atom. The Balaban J connectivity index is 1.47. The molecule has 0 radical (unpaired) electrons. The maximum absolute atomic E-state index is 13.4. The number of halogens is 1. The third kappa shape index (κ3) is 4.03. The van der Waals surface area contributed by atoms with Crippen molar-refractivity contribution in [1.29, 1.82) is 0 Å². The number of nitrogens with zero attached hydrogens (tertiary/aromatic N) is 3. The molecule has 29 heavy (non-hydrogen) atoms. The second kappa shape index (κ2) is 7.87. The monoisotopic (exact) mass is 392 g/mol. The van der Waals surface area contributed by atoms with Gasteiger partial charge in [0.2, 0.25) is 0 Å². The van der Waals surface area contributed by atoms with E-state index in [9.17, 15) is 14.0 Å². The van der Waals surface area contributed by atoms with Gasteiger partial charge in [-0.2, -0.15) is 5.10 Å². The van der Waals surface area contributed by atoms with Crippen molar-refractivity contribution in [3.05, 3.63) is 89.0 Å². The fourth-order valence-corrected chi connectivity index (χ4v) is 3.45. The van der Waals surface area contributed by atoms with Gasteiger partial charge in [0.15, 0.2) is 5.69 Å². The topological polar surface area (TPSA) is 67.2 Å². The number of hydrogen-bond acceptors (Lipinski definition) is 3. The zero-order valence-electron chi connectivity index (χ0n) is 16.0. The second-order valence-corrected chi connectivity index (χ2v) is 7.10. The lowest BCUT2D eigenvalue weighted by Gasteiger charge is -2.27. The third-order valence-electron chi connectivity index (χ3n) is 5.01. The van der Waals surface area contributed by atoms with Crippen LogP contribution < -0.4 is 5.32 Å². The number of benzene rings is 2. The van der Waals surface area contributed by atoms with Crippen LogP contribution in [0.1, 0.15) is 45.1 Å². The highest BCUT2D eigenvalue weighted by Crippen LogP contribution is 2.18. The van der Waals surface area contributed by atoms with E-state index in [1.165, 1.54) is 18.2 Å². The summed E-state index contributed by atoms with van der Waals surface area (Å²) < 4.78 is 15.0. The highest BCUT2D eigenvalue weighted by atomic mass is 19.1. The van der Waals surface area contributed by atoms with E-state index < -0.39 is 0 Å². The fraction of sp³-hybridized carbons (Fsp3) is 0.227. The lowest BCUT2D eigenvalue weighted by atomic mass is 10.1. The number of hydrogen-bond donors (Lipinski definition) is 1. The minimum atomic E-state index is -0.330. The van der Waals surface area contributed by atoms with Crippen molar-refractivity contribution >= 4 is 11.8 Å². The quantitative estimate of drug-likeness (QED) is 0.725. The average Bonchev–Trinajstić information content (AvgIpc) is 3.16. The van der Waals surface area contributed by atoms with Gasteiger partial charge in [0, 0.05) is 19.2 Å². The third-order valence-corrected chi connectivity index (χ3v) is 5.01. The van der Waals surface area contributed by atoms with Gasteiger partial charge in [-0.15, -0.1) is 0 Å². The largest absolute Gasteiger partial charge is 0.344 e. The van der Waals surface area contributed by atoms with Gasteiger partial charge in [0.1, 0.15) is 11.5 Å². The van der Waals surface area contributed by atoms with Crippen LogP contribution in [-0.2, 0) is 13.1 Å². The molecule has 1 unspecified atom stereocenters. The first-order chi connectivity index (χ1) is 14.0. The molecule has 2 amide bonds. The molecular weight excluding hydrogens is 371 g/mol. The summed E-state index contributed by atoms with van der Waals surface area (Å²) in [7, 11) is 0. The van der Waals surface area contributed by atoms with Crippen molar-refractivity contribution in [1.82, 2.24) is 20.0 Å². The number of carbonyl (C=O) groups excluding carboxylic acids is 2. The number of nitrogens with one attached hydrogen (secondary N) is 1. The van der Waals surface area contributed by atoms with Crippen molar-refractivity contribution in [3.8, 4) is 0 Å². The first-order valence-electron chi connectivity index (χ1n) is 9.48. The van der Waals surface area contributed by atoms with Crippen LogP contribution in [0, 0.1) is 5.82 Å². The number of amides is 2. The SMILES string of the molecule is CC(NC(=O)c1cc2n(n1)CCN(Cc1cccc(F)c1)C2=O)c1ccccc1. The Morgan fingerprint density at radius 1 is 1.14 bits per heavy atom. The van der Waals surface area contributed by atoms with Gasteiger partial charge < -0.3 is 10.2 Å². The molecule has 1 N–H and O–H groups in total. The molecule has 0 saturated carbocycles. The van der Waals surface area contributed by atoms with Gasteiger partial charge >= 0.3 is 0 Å². The summed E-state index contributed by atoms with van der Waals surface area (Å²) in [5.74, 6) is -0.876. The standard InChI is InChI=1S/C22H21FN4O2/c1-15(17-7-3-2-4-8-17)24-21(28)19-13-20-22(29)26(10-11-27(20)25-19)14-16-6-5-9-18(23)12-16/h2-9,12-13,15H,10-11,14H2,1H3,(H,24,28). The number of carbonyl (C=O) groups is 2. The summed E-state index contributed by atoms with van der Waals surface area (Å²) >= 11 is 0. The van der Waals surface area contributed by atoms with Crippen LogP contribution >= 0.6 is 0 Å². The van der Waals surface area contributed by atoms with E-state index in [1.807, 2.05) is 37.3 Å². The van der Waals surface area contributed by atoms with Crippen LogP contribution in [0.15, 0.2) is 60.7 Å². The maximum Gasteiger partial charge on any atom is 0.272 e. The zero-order valence-corrected chi connectivity index (χ0v) is 16.0. The molecule has 1 aliphatic rings. The van der Waals surface area contributed by atoms with E-state index in [4.69, 9.17) is 0 Å². The van der Waals surface area contributed by atoms with Crippen LogP contribution in [0.5, 0.6) is 0 Å². The van der Waals surface area contributed by atoms with Gasteiger partial charge in [-0.05, 0) is 30.2 Å². The van der Waals surface area contributed by atoms with Crippen molar-refractivity contribution in [2.45, 2.75) is 26.1 Å². The fourth-order valence-electron chi connectivity index (χ4n) is 3.45. The maximum atomic E-state index is 13.4. The van der Waals surface area contributed by atoms with Crippen LogP contribution in [0.25, 0.3) is 0 Å². The predicted molar refractivity (Wildman–Crippen MR) is 106 cm³/mol. The molecule has 0 fully saturated rings. The minimum absolute atomic E-state index is 0.178. The molecule has 3 aromatic rings. The van der Waals surface area contributed by atoms with Gasteiger partial charge in [0.05, 0.1) is 12.6 Å². The van der Waals surface area contributed by atoms with E-state index in [2.05, 4.69) is 10.4 Å². The van der Waals surface area contributed by atoms with E-state index in [1.54, 1.807) is 21.7 Å². The average molecular weight is 392 g/mol. The predicted octanol–water partition coefficient (Wildman–Crippen LogP) is 3.17. The summed E-state index contributed by atoms with van der Waals surface area (Å²) in [4.78, 5) is 27.1. The zero-order chi connectivity index (χ0) is 20.4. The Hall–Kier alpha value is -3.48. The van der Waals surface area contributed by atoms with E-state index in [0.717, 1.165) is 11.1 Å². The molecule has 0 aliphatic carbocycles. The Labute approximate surface area is 167 Å². The molecule has 0 spiro atoms. The van der Waals surface area contributed by atoms with E-state index >= 15 is 0 Å². The number of fused-ring (bicyclic) bond motifs is 1. The van der Waals surface area contributed by atoms with Crippen molar-refractivity contribution in [2.75, 3.05) is 6.54 Å². The van der Waals surface area contributed by atoms with E-state index in [-0.39, 0.29) is 29.4 Å². The lowest BCUT2D eigenvalue weighted by molar-refractivity contribution is 0.0682. The molecule has 1 aliphatic heterocycles. The summed E-state index contributed by atoms with van der Waals surface area (Å²) in [5, 5.41) is 7.21. The highest BCUT2D eigenvalue weighted by Gasteiger charge is 2.28. The molecule has 1 aromatic heterocycles. The molecule has 7 heteroatoms. The molecule has 0 saturated heterocycles. The molecule has 6 nitrogen and oxygen atoms in total. The van der Waals surface area contributed by atoms with Gasteiger partial charge in [0.25, 0.3) is 11.8 Å². The smallest absolute Gasteiger partial charge is 0.272 e. The number of rotatable bonds is 5. The Kier molecular flexibility index (Phi) is 5.12. The summed E-state index contributed by atoms with van der Waals surface area (Å²) in [6.45, 7) is 3.15. The minimum Gasteiger partial charge on any atom is -0.344 e. The molecule has 4 rings (SSSR count). The summed E-state index contributed by atoms with van der Waals surface area (Å²) in [6.07, 6.45) is 0. The first kappa shape index (κ1) is 18.9. The molecule has 0 bridgehead atoms. The normalized spacial score (nSPS) is 14.4. The first-order valence-corrected chi connectivity index (χ1v) is 9.48. The lowest BCUT2D eigenvalue weighted by Crippen LogP contribution is -2.39. The molecular formula is C22H21FN4O2. The highest BCUT2D eigenvalue weighted by molar-refractivity contribution is 5.98. The van der Waals surface area contributed by atoms with Gasteiger partial charge in [-0.3, -0.25) is 14.3 Å². The van der Waals surface area contributed by atoms with E-state index in [0.29, 0.717) is 25.3 Å². The molecule has 2 heterocycles. The van der Waals surface area contributed by atoms with Gasteiger partial charge in [-0.1, -0.05) is 42.5 Å². The Morgan fingerprint density at radius 3 is 2.69 bits per heavy atom. The number of aromatic nitrogens is 2. The van der Waals surface area contributed by atoms with Crippen LogP contribution in [0.2, 0.25) is 0 Å². The van der Waals surface area contributed by atoms with Crippen LogP contribution in [-0.4, -0.2) is 33.0 Å². The second-order valence-electron chi connectivity index (χ2n) is 7.10. The van der Waals surface area contributed by atoms with Crippen molar-refractivity contribution in [3.63, 3.8) is 0 Å². The molecule has 1 atom stereocenters. The molecule has 2 aromatic carbocycles. The summed E-state index contributed by atoms with van der Waals surface area (Å²) in [5.41, 5.74) is 2.29. The van der Waals surface area contributed by atoms with Crippen molar-refractivity contribution < 1.29 is 14.0 Å². The Bertz CT molecular complexity index is 1050. The van der Waals surface area contributed by atoms with Crippen LogP contribution in [0.4, 0.5) is 4.39 Å². The molecule has 148 valence electrons. The van der Waals surface area contributed by atoms with Gasteiger partial charge in [-0.25, -0.2) is 4.39 Å². The summed E-state index contributed by atoms with van der Waals surface area (Å²) in [6, 6.07) is 17.2.